The third-order valence-electron chi connectivity index (χ3n) is 4.85. The minimum absolute atomic E-state index is 0.534. The summed E-state index contributed by atoms with van der Waals surface area (Å²) in [5.74, 6) is 1.63. The van der Waals surface area contributed by atoms with Gasteiger partial charge in [-0.15, -0.1) is 0 Å². The molecule has 1 saturated heterocycles. The van der Waals surface area contributed by atoms with Crippen LogP contribution in [0.15, 0.2) is 30.4 Å². The molecule has 1 aromatic rings. The van der Waals surface area contributed by atoms with Gasteiger partial charge >= 0.3 is 0 Å². The maximum absolute atomic E-state index is 6.19. The molecule has 0 N–H and O–H groups in total. The molecule has 1 aromatic carbocycles. The minimum atomic E-state index is 0.534. The van der Waals surface area contributed by atoms with Gasteiger partial charge in [0.2, 0.25) is 0 Å². The smallest absolute Gasteiger partial charge is 0.142 e. The van der Waals surface area contributed by atoms with Gasteiger partial charge in [-0.3, -0.25) is 4.90 Å². The summed E-state index contributed by atoms with van der Waals surface area (Å²) in [4.78, 5) is 5.02. The van der Waals surface area contributed by atoms with Gasteiger partial charge in [-0.25, -0.2) is 0 Å². The zero-order valence-corrected chi connectivity index (χ0v) is 16.2. The van der Waals surface area contributed by atoms with Gasteiger partial charge in [-0.05, 0) is 50.8 Å². The molecule has 3 nitrogen and oxygen atoms in total. The zero-order chi connectivity index (χ0) is 17.5. The lowest BCUT2D eigenvalue weighted by Gasteiger charge is -2.42. The Kier molecular flexibility index (Phi) is 7.44. The predicted octanol–water partition coefficient (Wildman–Crippen LogP) is 4.85. The molecule has 0 amide bonds. The van der Waals surface area contributed by atoms with Crippen molar-refractivity contribution >= 4 is 17.3 Å². The first kappa shape index (κ1) is 19.1. The summed E-state index contributed by atoms with van der Waals surface area (Å²) in [6.45, 7) is 11.1. The minimum Gasteiger partial charge on any atom is -0.495 e. The highest BCUT2D eigenvalue weighted by molar-refractivity contribution is 6.30. The summed E-state index contributed by atoms with van der Waals surface area (Å²) in [6.07, 6.45) is 6.86. The summed E-state index contributed by atoms with van der Waals surface area (Å²) in [6, 6.07) is 6.39. The largest absolute Gasteiger partial charge is 0.495 e. The lowest BCUT2D eigenvalue weighted by molar-refractivity contribution is 0.162. The van der Waals surface area contributed by atoms with E-state index in [4.69, 9.17) is 16.3 Å². The number of hydrogen-bond acceptors (Lipinski definition) is 3. The van der Waals surface area contributed by atoms with Gasteiger partial charge < -0.3 is 9.64 Å². The molecule has 0 radical (unpaired) electrons. The molecule has 0 aliphatic carbocycles. The molecule has 1 aliphatic heterocycles. The highest BCUT2D eigenvalue weighted by Gasteiger charge is 2.26. The van der Waals surface area contributed by atoms with Gasteiger partial charge in [0.05, 0.1) is 12.8 Å². The molecule has 134 valence electrons. The zero-order valence-electron chi connectivity index (χ0n) is 15.5. The van der Waals surface area contributed by atoms with Crippen molar-refractivity contribution in [1.82, 2.24) is 4.90 Å². The number of methoxy groups -OCH3 is 1. The molecule has 4 heteroatoms. The SMILES string of the molecule is CC=CCCC(C)CN1CCN(c2cc(Cl)ccc2OC)CC1C. The highest BCUT2D eigenvalue weighted by atomic mass is 35.5. The van der Waals surface area contributed by atoms with Crippen molar-refractivity contribution in [2.75, 3.05) is 38.2 Å². The number of rotatable bonds is 7. The van der Waals surface area contributed by atoms with Crippen LogP contribution in [0.1, 0.15) is 33.6 Å². The lowest BCUT2D eigenvalue weighted by atomic mass is 10.0. The Morgan fingerprint density at radius 3 is 2.83 bits per heavy atom. The first-order chi connectivity index (χ1) is 11.5. The molecule has 0 bridgehead atoms. The third-order valence-corrected chi connectivity index (χ3v) is 5.09. The number of benzene rings is 1. The first-order valence-electron chi connectivity index (χ1n) is 8.98. The fourth-order valence-electron chi connectivity index (χ4n) is 3.43. The molecule has 24 heavy (non-hydrogen) atoms. The number of halogens is 1. The summed E-state index contributed by atoms with van der Waals surface area (Å²) < 4.78 is 5.51. The normalized spacial score (nSPS) is 20.5. The van der Waals surface area contributed by atoms with E-state index in [-0.39, 0.29) is 0 Å². The van der Waals surface area contributed by atoms with E-state index < -0.39 is 0 Å². The molecule has 0 aromatic heterocycles. The molecule has 0 spiro atoms. The second-order valence-electron chi connectivity index (χ2n) is 6.86. The molecule has 2 rings (SSSR count). The topological polar surface area (TPSA) is 15.7 Å². The van der Waals surface area contributed by atoms with Crippen LogP contribution in [0.4, 0.5) is 5.69 Å². The number of nitrogens with zero attached hydrogens (tertiary/aromatic N) is 2. The van der Waals surface area contributed by atoms with Crippen molar-refractivity contribution in [3.8, 4) is 5.75 Å². The predicted molar refractivity (Wildman–Crippen MR) is 104 cm³/mol. The van der Waals surface area contributed by atoms with E-state index >= 15 is 0 Å². The van der Waals surface area contributed by atoms with Crippen molar-refractivity contribution in [3.63, 3.8) is 0 Å². The fourth-order valence-corrected chi connectivity index (χ4v) is 3.60. The average molecular weight is 351 g/mol. The summed E-state index contributed by atoms with van der Waals surface area (Å²) >= 11 is 6.19. The third kappa shape index (κ3) is 5.15. The quantitative estimate of drug-likeness (QED) is 0.653. The molecule has 1 fully saturated rings. The van der Waals surface area contributed by atoms with Crippen molar-refractivity contribution in [2.45, 2.75) is 39.7 Å². The van der Waals surface area contributed by atoms with Crippen molar-refractivity contribution in [3.05, 3.63) is 35.4 Å². The Morgan fingerprint density at radius 1 is 1.38 bits per heavy atom. The van der Waals surface area contributed by atoms with Crippen LogP contribution in [0.3, 0.4) is 0 Å². The van der Waals surface area contributed by atoms with Gasteiger partial charge in [0.15, 0.2) is 0 Å². The number of piperazine rings is 1. The van der Waals surface area contributed by atoms with Crippen molar-refractivity contribution in [2.24, 2.45) is 5.92 Å². The Balaban J connectivity index is 1.94. The van der Waals surface area contributed by atoms with Crippen LogP contribution in [-0.4, -0.2) is 44.2 Å². The summed E-state index contributed by atoms with van der Waals surface area (Å²) in [5.41, 5.74) is 1.11. The second-order valence-corrected chi connectivity index (χ2v) is 7.29. The van der Waals surface area contributed by atoms with Gasteiger partial charge in [-0.2, -0.15) is 0 Å². The van der Waals surface area contributed by atoms with E-state index in [1.165, 1.54) is 19.4 Å². The highest BCUT2D eigenvalue weighted by Crippen LogP contribution is 2.32. The van der Waals surface area contributed by atoms with E-state index in [1.54, 1.807) is 7.11 Å². The molecule has 2 atom stereocenters. The molecule has 2 unspecified atom stereocenters. The molecular formula is C20H31ClN2O. The van der Waals surface area contributed by atoms with E-state index in [1.807, 2.05) is 18.2 Å². The maximum Gasteiger partial charge on any atom is 0.142 e. The van der Waals surface area contributed by atoms with Crippen molar-refractivity contribution < 1.29 is 4.74 Å². The Labute approximate surface area is 152 Å². The van der Waals surface area contributed by atoms with Crippen LogP contribution in [0.2, 0.25) is 5.02 Å². The second kappa shape index (κ2) is 9.33. The first-order valence-corrected chi connectivity index (χ1v) is 9.36. The van der Waals surface area contributed by atoms with E-state index in [0.29, 0.717) is 6.04 Å². The monoisotopic (exact) mass is 350 g/mol. The lowest BCUT2D eigenvalue weighted by Crippen LogP contribution is -2.53. The van der Waals surface area contributed by atoms with E-state index in [0.717, 1.165) is 42.0 Å². The Hall–Kier alpha value is -1.19. The van der Waals surface area contributed by atoms with Crippen LogP contribution in [-0.2, 0) is 0 Å². The number of ether oxygens (including phenoxy) is 1. The standard InChI is InChI=1S/C20H31ClN2O/c1-5-6-7-8-16(2)14-22-11-12-23(15-17(22)3)19-13-18(21)9-10-20(19)24-4/h5-6,9-10,13,16-17H,7-8,11-12,14-15H2,1-4H3. The van der Waals surface area contributed by atoms with Gasteiger partial charge in [0.25, 0.3) is 0 Å². The summed E-state index contributed by atoms with van der Waals surface area (Å²) in [7, 11) is 1.72. The van der Waals surface area contributed by atoms with Crippen LogP contribution in [0.25, 0.3) is 0 Å². The molecule has 1 heterocycles. The number of allylic oxidation sites excluding steroid dienone is 2. The van der Waals surface area contributed by atoms with Crippen LogP contribution >= 0.6 is 11.6 Å². The van der Waals surface area contributed by atoms with Crippen molar-refractivity contribution in [1.29, 1.82) is 0 Å². The Bertz CT molecular complexity index is 546. The number of hydrogen-bond donors (Lipinski definition) is 0. The van der Waals surface area contributed by atoms with Crippen LogP contribution < -0.4 is 9.64 Å². The molecular weight excluding hydrogens is 320 g/mol. The van der Waals surface area contributed by atoms with Gasteiger partial charge in [-0.1, -0.05) is 30.7 Å². The van der Waals surface area contributed by atoms with E-state index in [2.05, 4.69) is 42.7 Å². The maximum atomic E-state index is 6.19. The summed E-state index contributed by atoms with van der Waals surface area (Å²) in [5, 5.41) is 0.762. The molecule has 0 saturated carbocycles. The van der Waals surface area contributed by atoms with E-state index in [9.17, 15) is 0 Å². The average Bonchev–Trinajstić information content (AvgIpc) is 2.57. The molecule has 1 aliphatic rings. The fraction of sp³-hybridized carbons (Fsp3) is 0.600. The van der Waals surface area contributed by atoms with Crippen LogP contribution in [0, 0.1) is 5.92 Å². The number of anilines is 1. The van der Waals surface area contributed by atoms with Gasteiger partial charge in [0.1, 0.15) is 5.75 Å². The Morgan fingerprint density at radius 2 is 2.17 bits per heavy atom. The van der Waals surface area contributed by atoms with Crippen LogP contribution in [0.5, 0.6) is 5.75 Å². The van der Waals surface area contributed by atoms with Gasteiger partial charge in [0, 0.05) is 37.2 Å².